The lowest BCUT2D eigenvalue weighted by atomic mass is 9.88. The number of hydrogen-bond donors (Lipinski definition) is 2. The molecule has 0 radical (unpaired) electrons. The third-order valence-electron chi connectivity index (χ3n) is 3.88. The maximum absolute atomic E-state index is 12.4. The molecule has 1 atom stereocenters. The van der Waals surface area contributed by atoms with Gasteiger partial charge in [0.25, 0.3) is 5.91 Å². The maximum atomic E-state index is 12.4. The van der Waals surface area contributed by atoms with E-state index in [-0.39, 0.29) is 12.2 Å². The molecule has 0 saturated heterocycles. The van der Waals surface area contributed by atoms with E-state index in [1.165, 1.54) is 7.11 Å². The van der Waals surface area contributed by atoms with Gasteiger partial charge < -0.3 is 15.2 Å². The first kappa shape index (κ1) is 15.5. The fraction of sp³-hybridized carbons (Fsp3) is 0.176. The summed E-state index contributed by atoms with van der Waals surface area (Å²) in [6.45, 7) is 0. The number of ketones is 1. The van der Waals surface area contributed by atoms with Gasteiger partial charge in [0.05, 0.1) is 13.5 Å². The number of halogens is 1. The lowest BCUT2D eigenvalue weighted by Crippen LogP contribution is -2.36. The molecule has 6 heteroatoms. The molecule has 23 heavy (non-hydrogen) atoms. The van der Waals surface area contributed by atoms with Crippen molar-refractivity contribution < 1.29 is 19.4 Å². The Bertz CT molecular complexity index is 788. The zero-order valence-corrected chi connectivity index (χ0v) is 13.1. The lowest BCUT2D eigenvalue weighted by Gasteiger charge is -2.20. The minimum Gasteiger partial charge on any atom is -0.497 e. The molecule has 5 nitrogen and oxygen atoms in total. The highest BCUT2D eigenvalue weighted by Crippen LogP contribution is 2.40. The summed E-state index contributed by atoms with van der Waals surface area (Å²) in [5, 5.41) is 13.9. The number of hydrogen-bond acceptors (Lipinski definition) is 4. The number of benzene rings is 2. The number of amides is 1. The van der Waals surface area contributed by atoms with Crippen LogP contribution in [0, 0.1) is 0 Å². The monoisotopic (exact) mass is 331 g/mol. The molecule has 0 saturated carbocycles. The van der Waals surface area contributed by atoms with Gasteiger partial charge in [-0.15, -0.1) is 0 Å². The predicted molar refractivity (Wildman–Crippen MR) is 85.9 cm³/mol. The highest BCUT2D eigenvalue weighted by molar-refractivity contribution is 6.30. The predicted octanol–water partition coefficient (Wildman–Crippen LogP) is 2.76. The molecular weight excluding hydrogens is 318 g/mol. The smallest absolute Gasteiger partial charge is 0.261 e. The molecule has 1 aliphatic heterocycles. The van der Waals surface area contributed by atoms with E-state index in [0.29, 0.717) is 27.6 Å². The van der Waals surface area contributed by atoms with Crippen LogP contribution in [0.4, 0.5) is 5.69 Å². The van der Waals surface area contributed by atoms with Crippen LogP contribution >= 0.6 is 11.6 Å². The van der Waals surface area contributed by atoms with E-state index >= 15 is 0 Å². The quantitative estimate of drug-likeness (QED) is 0.845. The molecule has 0 aliphatic carbocycles. The average Bonchev–Trinajstić information content (AvgIpc) is 2.78. The Labute approximate surface area is 137 Å². The number of aliphatic hydroxyl groups is 1. The van der Waals surface area contributed by atoms with Crippen molar-refractivity contribution in [2.24, 2.45) is 0 Å². The molecule has 0 spiro atoms. The van der Waals surface area contributed by atoms with Crippen LogP contribution in [0.15, 0.2) is 42.5 Å². The summed E-state index contributed by atoms with van der Waals surface area (Å²) >= 11 is 5.80. The Morgan fingerprint density at radius 2 is 1.96 bits per heavy atom. The number of Topliss-reactive ketones (excluding diaryl/α,β-unsaturated/α-hetero) is 1. The van der Waals surface area contributed by atoms with Gasteiger partial charge in [-0.05, 0) is 42.5 Å². The van der Waals surface area contributed by atoms with Crippen LogP contribution in [0.2, 0.25) is 5.02 Å². The molecule has 2 N–H and O–H groups in total. The molecule has 1 amide bonds. The topological polar surface area (TPSA) is 75.6 Å². The molecule has 3 rings (SSSR count). The van der Waals surface area contributed by atoms with Crippen molar-refractivity contribution >= 4 is 29.0 Å². The fourth-order valence-corrected chi connectivity index (χ4v) is 2.72. The van der Waals surface area contributed by atoms with E-state index in [9.17, 15) is 14.7 Å². The largest absolute Gasteiger partial charge is 0.497 e. The maximum Gasteiger partial charge on any atom is 0.261 e. The SMILES string of the molecule is COc1ccc2c(c1)[C@@](O)(CC(=O)c1ccc(Cl)cc1)C(=O)N2. The van der Waals surface area contributed by atoms with Crippen LogP contribution < -0.4 is 10.1 Å². The second-order valence-electron chi connectivity index (χ2n) is 5.33. The van der Waals surface area contributed by atoms with E-state index in [1.54, 1.807) is 42.5 Å². The Morgan fingerprint density at radius 3 is 2.61 bits per heavy atom. The number of carbonyl (C=O) groups is 2. The minimum atomic E-state index is -1.92. The molecule has 2 aromatic carbocycles. The molecule has 0 fully saturated rings. The normalized spacial score (nSPS) is 19.2. The first-order valence-corrected chi connectivity index (χ1v) is 7.33. The molecule has 0 aromatic heterocycles. The summed E-state index contributed by atoms with van der Waals surface area (Å²) in [5.74, 6) is -0.476. The Morgan fingerprint density at radius 1 is 1.26 bits per heavy atom. The molecule has 0 bridgehead atoms. The van der Waals surface area contributed by atoms with Gasteiger partial charge in [-0.3, -0.25) is 9.59 Å². The van der Waals surface area contributed by atoms with Crippen molar-refractivity contribution in [2.45, 2.75) is 12.0 Å². The number of ether oxygens (including phenoxy) is 1. The highest BCUT2D eigenvalue weighted by atomic mass is 35.5. The summed E-state index contributed by atoms with van der Waals surface area (Å²) in [7, 11) is 1.49. The van der Waals surface area contributed by atoms with Crippen LogP contribution in [0.1, 0.15) is 22.3 Å². The van der Waals surface area contributed by atoms with Gasteiger partial charge >= 0.3 is 0 Å². The summed E-state index contributed by atoms with van der Waals surface area (Å²) in [4.78, 5) is 24.6. The van der Waals surface area contributed by atoms with Crippen LogP contribution in [0.25, 0.3) is 0 Å². The summed E-state index contributed by atoms with van der Waals surface area (Å²) in [6, 6.07) is 11.2. The van der Waals surface area contributed by atoms with Crippen LogP contribution in [-0.4, -0.2) is 23.9 Å². The van der Waals surface area contributed by atoms with Gasteiger partial charge in [0.15, 0.2) is 11.4 Å². The lowest BCUT2D eigenvalue weighted by molar-refractivity contribution is -0.133. The Kier molecular flexibility index (Phi) is 3.83. The van der Waals surface area contributed by atoms with Crippen LogP contribution in [-0.2, 0) is 10.4 Å². The van der Waals surface area contributed by atoms with Gasteiger partial charge in [-0.25, -0.2) is 0 Å². The van der Waals surface area contributed by atoms with Crippen molar-refractivity contribution in [3.8, 4) is 5.75 Å². The van der Waals surface area contributed by atoms with Crippen molar-refractivity contribution in [2.75, 3.05) is 12.4 Å². The summed E-state index contributed by atoms with van der Waals surface area (Å²) in [6.07, 6.45) is -0.360. The van der Waals surface area contributed by atoms with Crippen molar-refractivity contribution in [3.05, 3.63) is 58.6 Å². The fourth-order valence-electron chi connectivity index (χ4n) is 2.60. The zero-order chi connectivity index (χ0) is 16.6. The van der Waals surface area contributed by atoms with Crippen molar-refractivity contribution in [1.82, 2.24) is 0 Å². The van der Waals surface area contributed by atoms with Gasteiger partial charge in [0, 0.05) is 21.8 Å². The zero-order valence-electron chi connectivity index (χ0n) is 12.3. The van der Waals surface area contributed by atoms with E-state index in [1.807, 2.05) is 0 Å². The van der Waals surface area contributed by atoms with Crippen LogP contribution in [0.3, 0.4) is 0 Å². The number of fused-ring (bicyclic) bond motifs is 1. The first-order valence-electron chi connectivity index (χ1n) is 6.95. The average molecular weight is 332 g/mol. The Balaban J connectivity index is 1.94. The van der Waals surface area contributed by atoms with E-state index in [2.05, 4.69) is 5.32 Å². The summed E-state index contributed by atoms with van der Waals surface area (Å²) in [5.41, 5.74) is -0.723. The summed E-state index contributed by atoms with van der Waals surface area (Å²) < 4.78 is 5.12. The van der Waals surface area contributed by atoms with Gasteiger partial charge in [-0.2, -0.15) is 0 Å². The number of nitrogens with one attached hydrogen (secondary N) is 1. The first-order chi connectivity index (χ1) is 10.9. The molecule has 0 unspecified atom stereocenters. The van der Waals surface area contributed by atoms with Crippen molar-refractivity contribution in [1.29, 1.82) is 0 Å². The van der Waals surface area contributed by atoms with Gasteiger partial charge in [0.1, 0.15) is 5.75 Å². The van der Waals surface area contributed by atoms with Gasteiger partial charge in [0.2, 0.25) is 0 Å². The van der Waals surface area contributed by atoms with E-state index in [4.69, 9.17) is 16.3 Å². The minimum absolute atomic E-state index is 0.337. The van der Waals surface area contributed by atoms with Gasteiger partial charge in [-0.1, -0.05) is 11.6 Å². The highest BCUT2D eigenvalue weighted by Gasteiger charge is 2.47. The van der Waals surface area contributed by atoms with E-state index in [0.717, 1.165) is 0 Å². The molecule has 2 aromatic rings. The number of carbonyl (C=O) groups excluding carboxylic acids is 2. The van der Waals surface area contributed by atoms with Crippen molar-refractivity contribution in [3.63, 3.8) is 0 Å². The number of rotatable bonds is 4. The number of anilines is 1. The second-order valence-corrected chi connectivity index (χ2v) is 5.77. The number of methoxy groups -OCH3 is 1. The van der Waals surface area contributed by atoms with Crippen LogP contribution in [0.5, 0.6) is 5.75 Å². The third-order valence-corrected chi connectivity index (χ3v) is 4.13. The molecule has 1 heterocycles. The molecule has 1 aliphatic rings. The Hall–Kier alpha value is -2.37. The molecule has 118 valence electrons. The second kappa shape index (κ2) is 5.68. The van der Waals surface area contributed by atoms with E-state index < -0.39 is 11.5 Å². The third kappa shape index (κ3) is 2.69. The molecular formula is C17H14ClNO4. The standard InChI is InChI=1S/C17H14ClNO4/c1-23-12-6-7-14-13(8-12)17(22,16(21)19-14)9-15(20)10-2-4-11(18)5-3-10/h2-8,22H,9H2,1H3,(H,19,21)/t17-/m0/s1.